The number of halogens is 2. The summed E-state index contributed by atoms with van der Waals surface area (Å²) in [6.07, 6.45) is 9.00. The Bertz CT molecular complexity index is 610. The van der Waals surface area contributed by atoms with Crippen molar-refractivity contribution in [2.45, 2.75) is 12.8 Å². The van der Waals surface area contributed by atoms with E-state index in [0.717, 1.165) is 38.3 Å². The molecule has 1 N–H and O–H groups in total. The van der Waals surface area contributed by atoms with Gasteiger partial charge in [0.15, 0.2) is 0 Å². The number of carbonyl (C=O) groups excluding carboxylic acids is 1. The molecule has 0 spiro atoms. The van der Waals surface area contributed by atoms with Gasteiger partial charge in [0.1, 0.15) is 12.1 Å². The molecule has 3 rings (SSSR count). The molecule has 1 aliphatic rings. The van der Waals surface area contributed by atoms with Crippen LogP contribution in [0, 0.1) is 5.92 Å². The second-order valence-corrected chi connectivity index (χ2v) is 5.67. The predicted molar refractivity (Wildman–Crippen MR) is 98.4 cm³/mol. The maximum Gasteiger partial charge on any atom is 0.255 e. The highest BCUT2D eigenvalue weighted by atomic mass is 35.5. The van der Waals surface area contributed by atoms with Gasteiger partial charge in [-0.3, -0.25) is 9.36 Å². The first kappa shape index (κ1) is 20.4. The predicted octanol–water partition coefficient (Wildman–Crippen LogP) is 2.18. The Morgan fingerprint density at radius 3 is 2.58 bits per heavy atom. The first-order chi connectivity index (χ1) is 10.8. The number of likely N-dealkylation sites (tertiary alicyclic amines) is 1. The highest BCUT2D eigenvalue weighted by Gasteiger charge is 2.23. The smallest absolute Gasteiger partial charge is 0.255 e. The van der Waals surface area contributed by atoms with Crippen molar-refractivity contribution in [3.63, 3.8) is 0 Å². The number of imidazole rings is 1. The van der Waals surface area contributed by atoms with Crippen molar-refractivity contribution in [3.05, 3.63) is 42.6 Å². The quantitative estimate of drug-likeness (QED) is 0.894. The van der Waals surface area contributed by atoms with Gasteiger partial charge in [-0.2, -0.15) is 0 Å². The number of rotatable bonds is 4. The van der Waals surface area contributed by atoms with Crippen molar-refractivity contribution in [2.24, 2.45) is 5.92 Å². The molecule has 2 aromatic heterocycles. The molecule has 2 aromatic rings. The second-order valence-electron chi connectivity index (χ2n) is 5.67. The number of amides is 1. The highest BCUT2D eigenvalue weighted by molar-refractivity contribution is 5.94. The van der Waals surface area contributed by atoms with Crippen LogP contribution in [0.5, 0.6) is 0 Å². The van der Waals surface area contributed by atoms with E-state index >= 15 is 0 Å². The third kappa shape index (κ3) is 4.69. The van der Waals surface area contributed by atoms with Crippen molar-refractivity contribution in [2.75, 3.05) is 26.7 Å². The van der Waals surface area contributed by atoms with E-state index in [1.807, 2.05) is 34.8 Å². The van der Waals surface area contributed by atoms with E-state index in [0.29, 0.717) is 11.5 Å². The molecule has 0 bridgehead atoms. The van der Waals surface area contributed by atoms with Gasteiger partial charge in [-0.1, -0.05) is 0 Å². The van der Waals surface area contributed by atoms with Crippen LogP contribution in [-0.2, 0) is 0 Å². The molecule has 1 amide bonds. The lowest BCUT2D eigenvalue weighted by molar-refractivity contribution is 0.0690. The summed E-state index contributed by atoms with van der Waals surface area (Å²) in [6, 6.07) is 3.69. The molecule has 0 radical (unpaired) electrons. The molecule has 132 valence electrons. The van der Waals surface area contributed by atoms with Crippen LogP contribution in [0.15, 0.2) is 37.1 Å². The standard InChI is InChI=1S/C16H21N5O.2ClH/c1-17-10-13-4-7-20(8-5-13)16(22)14-2-3-15(19-11-14)21-9-6-18-12-21;;/h2-3,6,9,11-13,17H,4-5,7-8,10H2,1H3;2*1H. The van der Waals surface area contributed by atoms with Crippen LogP contribution in [0.25, 0.3) is 5.82 Å². The topological polar surface area (TPSA) is 63.1 Å². The maximum absolute atomic E-state index is 12.5. The summed E-state index contributed by atoms with van der Waals surface area (Å²) in [4.78, 5) is 22.8. The number of hydrogen-bond donors (Lipinski definition) is 1. The monoisotopic (exact) mass is 371 g/mol. The fraction of sp³-hybridized carbons (Fsp3) is 0.438. The fourth-order valence-electron chi connectivity index (χ4n) is 2.87. The van der Waals surface area contributed by atoms with E-state index < -0.39 is 0 Å². The first-order valence-electron chi connectivity index (χ1n) is 7.66. The summed E-state index contributed by atoms with van der Waals surface area (Å²) in [5.74, 6) is 1.52. The fourth-order valence-corrected chi connectivity index (χ4v) is 2.87. The average molecular weight is 372 g/mol. The van der Waals surface area contributed by atoms with Crippen LogP contribution in [-0.4, -0.2) is 52.0 Å². The summed E-state index contributed by atoms with van der Waals surface area (Å²) in [7, 11) is 1.98. The van der Waals surface area contributed by atoms with Crippen LogP contribution in [0.4, 0.5) is 0 Å². The number of nitrogens with one attached hydrogen (secondary N) is 1. The summed E-state index contributed by atoms with van der Waals surface area (Å²) < 4.78 is 1.82. The van der Waals surface area contributed by atoms with Crippen LogP contribution in [0.2, 0.25) is 0 Å². The number of pyridine rings is 1. The van der Waals surface area contributed by atoms with E-state index in [4.69, 9.17) is 0 Å². The van der Waals surface area contributed by atoms with Crippen molar-refractivity contribution in [3.8, 4) is 5.82 Å². The van der Waals surface area contributed by atoms with Gasteiger partial charge < -0.3 is 10.2 Å². The zero-order valence-corrected chi connectivity index (χ0v) is 15.2. The molecule has 0 aromatic carbocycles. The van der Waals surface area contributed by atoms with Gasteiger partial charge in [-0.05, 0) is 44.5 Å². The van der Waals surface area contributed by atoms with Gasteiger partial charge in [-0.25, -0.2) is 9.97 Å². The van der Waals surface area contributed by atoms with Crippen LogP contribution >= 0.6 is 24.8 Å². The molecular weight excluding hydrogens is 349 g/mol. The summed E-state index contributed by atoms with van der Waals surface area (Å²) in [6.45, 7) is 2.69. The third-order valence-corrected chi connectivity index (χ3v) is 4.16. The summed E-state index contributed by atoms with van der Waals surface area (Å²) in [5.41, 5.74) is 0.649. The van der Waals surface area contributed by atoms with Gasteiger partial charge in [-0.15, -0.1) is 24.8 Å². The molecule has 3 heterocycles. The van der Waals surface area contributed by atoms with Crippen LogP contribution in [0.1, 0.15) is 23.2 Å². The highest BCUT2D eigenvalue weighted by Crippen LogP contribution is 2.18. The Balaban J connectivity index is 0.00000144. The minimum Gasteiger partial charge on any atom is -0.339 e. The largest absolute Gasteiger partial charge is 0.339 e. The van der Waals surface area contributed by atoms with Crippen LogP contribution in [0.3, 0.4) is 0 Å². The number of piperidine rings is 1. The number of carbonyl (C=O) groups is 1. The Morgan fingerprint density at radius 1 is 1.29 bits per heavy atom. The van der Waals surface area contributed by atoms with Gasteiger partial charge >= 0.3 is 0 Å². The Morgan fingerprint density at radius 2 is 2.04 bits per heavy atom. The zero-order chi connectivity index (χ0) is 15.4. The minimum atomic E-state index is 0. The number of hydrogen-bond acceptors (Lipinski definition) is 4. The van der Waals surface area contributed by atoms with Crippen molar-refractivity contribution < 1.29 is 4.79 Å². The van der Waals surface area contributed by atoms with Crippen molar-refractivity contribution >= 4 is 30.7 Å². The van der Waals surface area contributed by atoms with E-state index in [1.165, 1.54) is 0 Å². The molecule has 0 aliphatic carbocycles. The lowest BCUT2D eigenvalue weighted by Crippen LogP contribution is -2.40. The SMILES string of the molecule is CNCC1CCN(C(=O)c2ccc(-n3ccnc3)nc2)CC1.Cl.Cl. The first-order valence-corrected chi connectivity index (χ1v) is 7.66. The Labute approximate surface area is 154 Å². The van der Waals surface area contributed by atoms with Gasteiger partial charge in [0.2, 0.25) is 0 Å². The Hall–Kier alpha value is -1.63. The maximum atomic E-state index is 12.5. The molecule has 1 fully saturated rings. The van der Waals surface area contributed by atoms with E-state index in [2.05, 4.69) is 15.3 Å². The molecule has 1 saturated heterocycles. The Kier molecular flexibility index (Phi) is 8.18. The molecule has 0 unspecified atom stereocenters. The van der Waals surface area contributed by atoms with Gasteiger partial charge in [0.25, 0.3) is 5.91 Å². The normalized spacial score (nSPS) is 14.6. The van der Waals surface area contributed by atoms with Crippen molar-refractivity contribution in [1.82, 2.24) is 24.8 Å². The molecule has 0 atom stereocenters. The molecule has 8 heteroatoms. The summed E-state index contributed by atoms with van der Waals surface area (Å²) >= 11 is 0. The van der Waals surface area contributed by atoms with E-state index in [-0.39, 0.29) is 30.7 Å². The molecule has 6 nitrogen and oxygen atoms in total. The minimum absolute atomic E-state index is 0. The van der Waals surface area contributed by atoms with Gasteiger partial charge in [0.05, 0.1) is 5.56 Å². The number of nitrogens with zero attached hydrogens (tertiary/aromatic N) is 4. The second kappa shape index (κ2) is 9.61. The molecule has 1 aliphatic heterocycles. The molecule has 24 heavy (non-hydrogen) atoms. The van der Waals surface area contributed by atoms with E-state index in [9.17, 15) is 4.79 Å². The molecular formula is C16H23Cl2N5O. The zero-order valence-electron chi connectivity index (χ0n) is 13.6. The lowest BCUT2D eigenvalue weighted by Gasteiger charge is -2.32. The summed E-state index contributed by atoms with van der Waals surface area (Å²) in [5, 5.41) is 3.21. The van der Waals surface area contributed by atoms with Gasteiger partial charge in [0, 0.05) is 31.7 Å². The van der Waals surface area contributed by atoms with Crippen LogP contribution < -0.4 is 5.32 Å². The number of aromatic nitrogens is 3. The van der Waals surface area contributed by atoms with E-state index in [1.54, 1.807) is 18.7 Å². The lowest BCUT2D eigenvalue weighted by atomic mass is 9.96. The van der Waals surface area contributed by atoms with Crippen molar-refractivity contribution in [1.29, 1.82) is 0 Å². The molecule has 0 saturated carbocycles. The third-order valence-electron chi connectivity index (χ3n) is 4.16. The average Bonchev–Trinajstić information content (AvgIpc) is 3.10.